The molecule has 0 bridgehead atoms. The highest BCUT2D eigenvalue weighted by Gasteiger charge is 2.33. The number of halogens is 2. The second-order valence-electron chi connectivity index (χ2n) is 8.07. The Morgan fingerprint density at radius 2 is 1.76 bits per heavy atom. The summed E-state index contributed by atoms with van der Waals surface area (Å²) in [4.78, 5) is 24.7. The molecular weight excluding hydrogens is 395 g/mol. The third-order valence-electron chi connectivity index (χ3n) is 4.94. The van der Waals surface area contributed by atoms with Crippen molar-refractivity contribution in [2.75, 3.05) is 0 Å². The highest BCUT2D eigenvalue weighted by molar-refractivity contribution is 6.31. The molecule has 3 aromatic rings. The number of nitrogens with zero attached hydrogens (tertiary/aromatic N) is 1. The highest BCUT2D eigenvalue weighted by Crippen LogP contribution is 2.41. The normalized spacial score (nSPS) is 12.8. The lowest BCUT2D eigenvalue weighted by atomic mass is 9.81. The zero-order valence-electron chi connectivity index (χ0n) is 16.6. The van der Waals surface area contributed by atoms with Gasteiger partial charge in [0.25, 0.3) is 5.56 Å². The molecule has 2 N–H and O–H groups in total. The number of rotatable bonds is 3. The van der Waals surface area contributed by atoms with E-state index < -0.39 is 23.4 Å². The zero-order chi connectivity index (χ0) is 21.5. The van der Waals surface area contributed by atoms with Crippen LogP contribution in [0.25, 0.3) is 21.9 Å². The molecule has 0 spiro atoms. The molecule has 152 valence electrons. The van der Waals surface area contributed by atoms with Crippen molar-refractivity contribution in [1.82, 2.24) is 9.88 Å². The number of carbonyl (C=O) groups is 1. The molecule has 7 heteroatoms. The Morgan fingerprint density at radius 1 is 1.14 bits per heavy atom. The summed E-state index contributed by atoms with van der Waals surface area (Å²) in [5.74, 6) is -0.390. The molecule has 29 heavy (non-hydrogen) atoms. The Bertz CT molecular complexity index is 1150. The smallest absolute Gasteiger partial charge is 0.405 e. The SMILES string of the molecule is Cn1c(C(NC(=O)O)C(C)(C)C)c(-c2ccc(F)cc2)c2cc(Cl)ccc2c1=O. The van der Waals surface area contributed by atoms with Crippen LogP contribution >= 0.6 is 11.6 Å². The van der Waals surface area contributed by atoms with E-state index in [4.69, 9.17) is 11.6 Å². The number of hydrogen-bond acceptors (Lipinski definition) is 2. The Hall–Kier alpha value is -2.86. The van der Waals surface area contributed by atoms with Gasteiger partial charge in [-0.25, -0.2) is 9.18 Å². The van der Waals surface area contributed by atoms with Crippen LogP contribution in [0.2, 0.25) is 5.02 Å². The second kappa shape index (κ2) is 7.52. The molecule has 1 amide bonds. The largest absolute Gasteiger partial charge is 0.465 e. The molecule has 0 fully saturated rings. The lowest BCUT2D eigenvalue weighted by Crippen LogP contribution is -2.39. The van der Waals surface area contributed by atoms with Gasteiger partial charge in [0.15, 0.2) is 0 Å². The number of pyridine rings is 1. The van der Waals surface area contributed by atoms with Gasteiger partial charge in [-0.15, -0.1) is 0 Å². The maximum Gasteiger partial charge on any atom is 0.405 e. The molecule has 0 aliphatic rings. The van der Waals surface area contributed by atoms with Crippen LogP contribution in [0.3, 0.4) is 0 Å². The fourth-order valence-electron chi connectivity index (χ4n) is 3.58. The first-order valence-corrected chi connectivity index (χ1v) is 9.46. The topological polar surface area (TPSA) is 71.3 Å². The standard InChI is InChI=1S/C22H22ClFN2O3/c1-22(2,3)19(25-21(28)29)18-17(12-5-8-14(24)9-6-12)16-11-13(23)7-10-15(16)20(27)26(18)4/h5-11,19,25H,1-4H3,(H,28,29). The Morgan fingerprint density at radius 3 is 2.31 bits per heavy atom. The number of hydrogen-bond donors (Lipinski definition) is 2. The van der Waals surface area contributed by atoms with Crippen molar-refractivity contribution in [3.05, 3.63) is 69.4 Å². The highest BCUT2D eigenvalue weighted by atomic mass is 35.5. The minimum atomic E-state index is -1.20. The van der Waals surface area contributed by atoms with E-state index in [0.29, 0.717) is 32.6 Å². The van der Waals surface area contributed by atoms with E-state index in [1.54, 1.807) is 37.4 Å². The summed E-state index contributed by atoms with van der Waals surface area (Å²) in [6.45, 7) is 5.65. The maximum atomic E-state index is 13.6. The van der Waals surface area contributed by atoms with E-state index in [1.807, 2.05) is 20.8 Å². The average Bonchev–Trinajstić information content (AvgIpc) is 2.62. The van der Waals surface area contributed by atoms with Gasteiger partial charge >= 0.3 is 6.09 Å². The molecule has 1 aromatic heterocycles. The third kappa shape index (κ3) is 3.98. The molecular formula is C22H22ClFN2O3. The zero-order valence-corrected chi connectivity index (χ0v) is 17.3. The maximum absolute atomic E-state index is 13.6. The van der Waals surface area contributed by atoms with Gasteiger partial charge in [-0.1, -0.05) is 44.5 Å². The Balaban J connectivity index is 2.52. The first kappa shape index (κ1) is 20.9. The van der Waals surface area contributed by atoms with Crippen LogP contribution in [0.4, 0.5) is 9.18 Å². The summed E-state index contributed by atoms with van der Waals surface area (Å²) < 4.78 is 15.0. The van der Waals surface area contributed by atoms with Crippen molar-refractivity contribution in [1.29, 1.82) is 0 Å². The fraction of sp³-hybridized carbons (Fsp3) is 0.273. The predicted octanol–water partition coefficient (Wildman–Crippen LogP) is 5.35. The summed E-state index contributed by atoms with van der Waals surface area (Å²) in [5.41, 5.74) is 0.970. The minimum absolute atomic E-state index is 0.265. The molecule has 5 nitrogen and oxygen atoms in total. The van der Waals surface area contributed by atoms with Crippen molar-refractivity contribution in [2.45, 2.75) is 26.8 Å². The van der Waals surface area contributed by atoms with Crippen LogP contribution in [0.15, 0.2) is 47.3 Å². The summed E-state index contributed by atoms with van der Waals surface area (Å²) in [5, 5.41) is 13.5. The van der Waals surface area contributed by atoms with Gasteiger partial charge < -0.3 is 15.0 Å². The van der Waals surface area contributed by atoms with E-state index in [9.17, 15) is 19.1 Å². The number of nitrogens with one attached hydrogen (secondary N) is 1. The van der Waals surface area contributed by atoms with Gasteiger partial charge in [-0.3, -0.25) is 4.79 Å². The number of fused-ring (bicyclic) bond motifs is 1. The monoisotopic (exact) mass is 416 g/mol. The molecule has 1 unspecified atom stereocenters. The lowest BCUT2D eigenvalue weighted by molar-refractivity contribution is 0.173. The van der Waals surface area contributed by atoms with Gasteiger partial charge in [0.05, 0.1) is 11.7 Å². The Kier molecular flexibility index (Phi) is 5.41. The van der Waals surface area contributed by atoms with Crippen molar-refractivity contribution in [3.8, 4) is 11.1 Å². The molecule has 1 heterocycles. The Labute approximate surface area is 172 Å². The van der Waals surface area contributed by atoms with Crippen LogP contribution in [0, 0.1) is 11.2 Å². The van der Waals surface area contributed by atoms with Crippen molar-refractivity contribution in [3.63, 3.8) is 0 Å². The molecule has 2 aromatic carbocycles. The molecule has 0 aliphatic carbocycles. The van der Waals surface area contributed by atoms with Crippen LogP contribution in [-0.4, -0.2) is 15.8 Å². The number of aromatic nitrogens is 1. The lowest BCUT2D eigenvalue weighted by Gasteiger charge is -2.34. The van der Waals surface area contributed by atoms with E-state index in [1.165, 1.54) is 16.7 Å². The van der Waals surface area contributed by atoms with Crippen molar-refractivity contribution < 1.29 is 14.3 Å². The number of benzene rings is 2. The fourth-order valence-corrected chi connectivity index (χ4v) is 3.75. The summed E-state index contributed by atoms with van der Waals surface area (Å²) in [6.07, 6.45) is -1.20. The van der Waals surface area contributed by atoms with Gasteiger partial charge in [0, 0.05) is 23.0 Å². The van der Waals surface area contributed by atoms with E-state index in [0.717, 1.165) is 0 Å². The van der Waals surface area contributed by atoms with Gasteiger partial charge in [-0.2, -0.15) is 0 Å². The molecule has 1 atom stereocenters. The average molecular weight is 417 g/mol. The first-order chi connectivity index (χ1) is 13.5. The van der Waals surface area contributed by atoms with E-state index >= 15 is 0 Å². The summed E-state index contributed by atoms with van der Waals surface area (Å²) >= 11 is 6.22. The summed E-state index contributed by atoms with van der Waals surface area (Å²) in [6, 6.07) is 10.1. The van der Waals surface area contributed by atoms with Crippen LogP contribution in [0.5, 0.6) is 0 Å². The van der Waals surface area contributed by atoms with Gasteiger partial charge in [-0.05, 0) is 46.7 Å². The van der Waals surface area contributed by atoms with Crippen molar-refractivity contribution in [2.24, 2.45) is 12.5 Å². The van der Waals surface area contributed by atoms with Crippen LogP contribution in [-0.2, 0) is 7.05 Å². The first-order valence-electron chi connectivity index (χ1n) is 9.08. The molecule has 0 radical (unpaired) electrons. The third-order valence-corrected chi connectivity index (χ3v) is 5.18. The quantitative estimate of drug-likeness (QED) is 0.604. The summed E-state index contributed by atoms with van der Waals surface area (Å²) in [7, 11) is 1.61. The molecule has 0 saturated heterocycles. The molecule has 0 aliphatic heterocycles. The number of carboxylic acid groups (broad SMARTS) is 1. The molecule has 3 rings (SSSR count). The molecule has 0 saturated carbocycles. The number of amides is 1. The van der Waals surface area contributed by atoms with E-state index in [-0.39, 0.29) is 5.56 Å². The van der Waals surface area contributed by atoms with Crippen LogP contribution in [0.1, 0.15) is 32.5 Å². The van der Waals surface area contributed by atoms with Gasteiger partial charge in [0.2, 0.25) is 0 Å². The second-order valence-corrected chi connectivity index (χ2v) is 8.51. The minimum Gasteiger partial charge on any atom is -0.465 e. The van der Waals surface area contributed by atoms with Gasteiger partial charge in [0.1, 0.15) is 5.82 Å². The predicted molar refractivity (Wildman–Crippen MR) is 113 cm³/mol. The van der Waals surface area contributed by atoms with Crippen LogP contribution < -0.4 is 10.9 Å². The van der Waals surface area contributed by atoms with E-state index in [2.05, 4.69) is 5.32 Å². The van der Waals surface area contributed by atoms with Crippen molar-refractivity contribution >= 4 is 28.5 Å².